The average Bonchev–Trinajstić information content (AvgIpc) is 2.79. The molecule has 0 aliphatic carbocycles. The Morgan fingerprint density at radius 3 is 2.45 bits per heavy atom. The van der Waals surface area contributed by atoms with E-state index in [1.165, 1.54) is 18.2 Å². The average molecular weight is 487 g/mol. The van der Waals surface area contributed by atoms with Crippen LogP contribution >= 0.6 is 11.6 Å². The van der Waals surface area contributed by atoms with Gasteiger partial charge in [0.1, 0.15) is 5.75 Å². The molecule has 2 N–H and O–H groups in total. The van der Waals surface area contributed by atoms with Gasteiger partial charge in [0, 0.05) is 11.7 Å². The lowest BCUT2D eigenvalue weighted by atomic mass is 10.1. The van der Waals surface area contributed by atoms with E-state index in [9.17, 15) is 13.2 Å². The quantitative estimate of drug-likeness (QED) is 0.431. The third-order valence-corrected chi connectivity index (χ3v) is 7.04. The molecule has 0 unspecified atom stereocenters. The van der Waals surface area contributed by atoms with Crippen molar-refractivity contribution in [2.75, 3.05) is 11.9 Å². The predicted octanol–water partition coefficient (Wildman–Crippen LogP) is 5.27. The molecule has 0 saturated heterocycles. The van der Waals surface area contributed by atoms with Crippen LogP contribution in [-0.4, -0.2) is 20.9 Å². The van der Waals surface area contributed by atoms with E-state index < -0.39 is 16.1 Å². The Morgan fingerprint density at radius 2 is 1.79 bits per heavy atom. The topological polar surface area (TPSA) is 84.5 Å². The number of nitrogens with one attached hydrogen (secondary N) is 2. The SMILES string of the molecule is CCc1cccc(C)c1NC(=O)COc1ccc(S(=O)(=O)N[C@H](C)c2ccccc2)cc1Cl. The predicted molar refractivity (Wildman–Crippen MR) is 131 cm³/mol. The molecule has 1 atom stereocenters. The summed E-state index contributed by atoms with van der Waals surface area (Å²) < 4.78 is 33.7. The monoisotopic (exact) mass is 486 g/mol. The molecule has 174 valence electrons. The summed E-state index contributed by atoms with van der Waals surface area (Å²) in [6.45, 7) is 5.46. The lowest BCUT2D eigenvalue weighted by Crippen LogP contribution is -2.27. The largest absolute Gasteiger partial charge is 0.482 e. The minimum Gasteiger partial charge on any atom is -0.482 e. The molecule has 0 aliphatic rings. The van der Waals surface area contributed by atoms with Crippen molar-refractivity contribution in [1.29, 1.82) is 0 Å². The molecule has 0 fully saturated rings. The van der Waals surface area contributed by atoms with Gasteiger partial charge in [-0.15, -0.1) is 0 Å². The van der Waals surface area contributed by atoms with Gasteiger partial charge in [-0.05, 0) is 55.2 Å². The summed E-state index contributed by atoms with van der Waals surface area (Å²) >= 11 is 6.26. The van der Waals surface area contributed by atoms with Gasteiger partial charge >= 0.3 is 0 Å². The van der Waals surface area contributed by atoms with Crippen molar-refractivity contribution in [3.63, 3.8) is 0 Å². The fraction of sp³-hybridized carbons (Fsp3) is 0.240. The lowest BCUT2D eigenvalue weighted by Gasteiger charge is -2.16. The molecule has 0 aromatic heterocycles. The Labute approximate surface area is 200 Å². The molecule has 0 aliphatic heterocycles. The highest BCUT2D eigenvalue weighted by Crippen LogP contribution is 2.28. The van der Waals surface area contributed by atoms with Crippen molar-refractivity contribution in [2.45, 2.75) is 38.1 Å². The van der Waals surface area contributed by atoms with Crippen LogP contribution in [0.2, 0.25) is 5.02 Å². The smallest absolute Gasteiger partial charge is 0.262 e. The zero-order chi connectivity index (χ0) is 24.0. The van der Waals surface area contributed by atoms with Crippen LogP contribution in [0.1, 0.15) is 36.6 Å². The third kappa shape index (κ3) is 6.35. The Bertz CT molecular complexity index is 1230. The maximum Gasteiger partial charge on any atom is 0.262 e. The van der Waals surface area contributed by atoms with Gasteiger partial charge in [-0.3, -0.25) is 4.79 Å². The molecular formula is C25H27ClN2O4S. The highest BCUT2D eigenvalue weighted by Gasteiger charge is 2.20. The minimum absolute atomic E-state index is 0.0135. The number of aryl methyl sites for hydroxylation is 2. The van der Waals surface area contributed by atoms with E-state index in [0.29, 0.717) is 0 Å². The van der Waals surface area contributed by atoms with E-state index in [-0.39, 0.29) is 28.2 Å². The van der Waals surface area contributed by atoms with E-state index in [2.05, 4.69) is 10.0 Å². The van der Waals surface area contributed by atoms with Crippen molar-refractivity contribution in [3.8, 4) is 5.75 Å². The molecule has 33 heavy (non-hydrogen) atoms. The number of para-hydroxylation sites is 1. The molecule has 3 aromatic rings. The molecule has 0 saturated carbocycles. The fourth-order valence-electron chi connectivity index (χ4n) is 3.40. The maximum atomic E-state index is 12.8. The Morgan fingerprint density at radius 1 is 1.06 bits per heavy atom. The third-order valence-electron chi connectivity index (χ3n) is 5.21. The molecular weight excluding hydrogens is 460 g/mol. The molecule has 0 spiro atoms. The maximum absolute atomic E-state index is 12.8. The van der Waals surface area contributed by atoms with Crippen molar-refractivity contribution < 1.29 is 17.9 Å². The highest BCUT2D eigenvalue weighted by molar-refractivity contribution is 7.89. The first-order chi connectivity index (χ1) is 15.7. The summed E-state index contributed by atoms with van der Waals surface area (Å²) in [6, 6.07) is 18.9. The highest BCUT2D eigenvalue weighted by atomic mass is 35.5. The van der Waals surface area contributed by atoms with Crippen molar-refractivity contribution in [2.24, 2.45) is 0 Å². The van der Waals surface area contributed by atoms with Crippen LogP contribution < -0.4 is 14.8 Å². The first-order valence-corrected chi connectivity index (χ1v) is 12.5. The summed E-state index contributed by atoms with van der Waals surface area (Å²) in [6.07, 6.45) is 0.789. The summed E-state index contributed by atoms with van der Waals surface area (Å²) in [5, 5.41) is 2.98. The standard InChI is InChI=1S/C25H27ClN2O4S/c1-4-19-12-8-9-17(2)25(19)27-24(29)16-32-23-14-13-21(15-22(23)26)33(30,31)28-18(3)20-10-6-5-7-11-20/h5-15,18,28H,4,16H2,1-3H3,(H,27,29)/t18-/m1/s1. The number of carbonyl (C=O) groups excluding carboxylic acids is 1. The zero-order valence-electron chi connectivity index (χ0n) is 18.8. The van der Waals surface area contributed by atoms with Gasteiger partial charge in [-0.2, -0.15) is 0 Å². The first-order valence-electron chi connectivity index (χ1n) is 10.6. The van der Waals surface area contributed by atoms with Gasteiger partial charge in [0.15, 0.2) is 6.61 Å². The molecule has 0 bridgehead atoms. The van der Waals surface area contributed by atoms with Gasteiger partial charge in [-0.25, -0.2) is 13.1 Å². The molecule has 1 amide bonds. The summed E-state index contributed by atoms with van der Waals surface area (Å²) in [5.41, 5.74) is 3.62. The molecule has 6 nitrogen and oxygen atoms in total. The van der Waals surface area contributed by atoms with Crippen LogP contribution in [0, 0.1) is 6.92 Å². The molecule has 8 heteroatoms. The number of sulfonamides is 1. The Kier molecular flexibility index (Phi) is 8.13. The van der Waals surface area contributed by atoms with Crippen molar-refractivity contribution in [1.82, 2.24) is 4.72 Å². The molecule has 0 heterocycles. The summed E-state index contributed by atoms with van der Waals surface area (Å²) in [4.78, 5) is 12.4. The van der Waals surface area contributed by atoms with Crippen molar-refractivity contribution in [3.05, 3.63) is 88.4 Å². The molecule has 0 radical (unpaired) electrons. The number of hydrogen-bond donors (Lipinski definition) is 2. The number of anilines is 1. The Hall–Kier alpha value is -2.87. The number of hydrogen-bond acceptors (Lipinski definition) is 4. The van der Waals surface area contributed by atoms with E-state index in [0.717, 1.165) is 28.8 Å². The van der Waals surface area contributed by atoms with Crippen LogP contribution in [0.4, 0.5) is 5.69 Å². The number of amides is 1. The number of halogens is 1. The summed E-state index contributed by atoms with van der Waals surface area (Å²) in [7, 11) is -3.80. The van der Waals surface area contributed by atoms with Crippen LogP contribution in [0.3, 0.4) is 0 Å². The van der Waals surface area contributed by atoms with Gasteiger partial charge in [-0.1, -0.05) is 67.1 Å². The first kappa shape index (κ1) is 24.8. The number of benzene rings is 3. The number of ether oxygens (including phenoxy) is 1. The van der Waals surface area contributed by atoms with E-state index in [1.54, 1.807) is 6.92 Å². The van der Waals surface area contributed by atoms with Gasteiger partial charge < -0.3 is 10.1 Å². The lowest BCUT2D eigenvalue weighted by molar-refractivity contribution is -0.118. The van der Waals surface area contributed by atoms with Gasteiger partial charge in [0.25, 0.3) is 5.91 Å². The Balaban J connectivity index is 1.65. The second-order valence-electron chi connectivity index (χ2n) is 7.65. The van der Waals surface area contributed by atoms with Crippen LogP contribution in [-0.2, 0) is 21.2 Å². The van der Waals surface area contributed by atoms with Crippen molar-refractivity contribution >= 4 is 33.2 Å². The van der Waals surface area contributed by atoms with Crippen LogP contribution in [0.5, 0.6) is 5.75 Å². The normalized spacial score (nSPS) is 12.2. The molecule has 3 rings (SSSR count). The number of carbonyl (C=O) groups is 1. The van der Waals surface area contributed by atoms with Crippen LogP contribution in [0.25, 0.3) is 0 Å². The summed E-state index contributed by atoms with van der Waals surface area (Å²) in [5.74, 6) is -0.104. The van der Waals surface area contributed by atoms with Crippen LogP contribution in [0.15, 0.2) is 71.6 Å². The second-order valence-corrected chi connectivity index (χ2v) is 9.77. The van der Waals surface area contributed by atoms with E-state index >= 15 is 0 Å². The van der Waals surface area contributed by atoms with Gasteiger partial charge in [0.05, 0.1) is 9.92 Å². The minimum atomic E-state index is -3.80. The number of rotatable bonds is 9. The van der Waals surface area contributed by atoms with Gasteiger partial charge in [0.2, 0.25) is 10.0 Å². The zero-order valence-corrected chi connectivity index (χ0v) is 20.3. The fourth-order valence-corrected chi connectivity index (χ4v) is 4.95. The van der Waals surface area contributed by atoms with E-state index in [4.69, 9.17) is 16.3 Å². The van der Waals surface area contributed by atoms with E-state index in [1.807, 2.05) is 62.4 Å². The molecule has 3 aromatic carbocycles. The second kappa shape index (κ2) is 10.8.